The summed E-state index contributed by atoms with van der Waals surface area (Å²) < 4.78 is 0. The van der Waals surface area contributed by atoms with Crippen LogP contribution in [0, 0.1) is 31.1 Å². The Morgan fingerprint density at radius 1 is 1.10 bits per heavy atom. The number of hydrogen-bond acceptors (Lipinski definition) is 3. The van der Waals surface area contributed by atoms with Crippen molar-refractivity contribution in [3.63, 3.8) is 0 Å². The van der Waals surface area contributed by atoms with E-state index in [9.17, 15) is 9.59 Å². The number of allylic oxidation sites excluding steroid dienone is 2. The van der Waals surface area contributed by atoms with Gasteiger partial charge in [-0.1, -0.05) is 43.7 Å². The molecule has 1 saturated carbocycles. The molecule has 1 aliphatic heterocycles. The Morgan fingerprint density at radius 2 is 1.69 bits per heavy atom. The summed E-state index contributed by atoms with van der Waals surface area (Å²) in [5.74, 6) is 0.726. The van der Waals surface area contributed by atoms with E-state index < -0.39 is 0 Å². The lowest BCUT2D eigenvalue weighted by molar-refractivity contribution is -0.135. The van der Waals surface area contributed by atoms with Crippen molar-refractivity contribution in [2.75, 3.05) is 38.0 Å². The Balaban J connectivity index is 1.50. The number of aryl methyl sites for hydroxylation is 2. The maximum absolute atomic E-state index is 13.0. The molecule has 5 heteroatoms. The molecular formula is C24H35N3O2. The molecule has 0 aromatic heterocycles. The number of nitrogens with zero attached hydrogens (tertiary/aromatic N) is 2. The van der Waals surface area contributed by atoms with Gasteiger partial charge in [0, 0.05) is 31.9 Å². The van der Waals surface area contributed by atoms with Crippen LogP contribution in [-0.4, -0.2) is 54.3 Å². The van der Waals surface area contributed by atoms with Gasteiger partial charge in [-0.25, -0.2) is 0 Å². The molecule has 1 aromatic carbocycles. The number of carbonyl (C=O) groups excluding carboxylic acids is 2. The van der Waals surface area contributed by atoms with Crippen molar-refractivity contribution in [2.24, 2.45) is 17.3 Å². The summed E-state index contributed by atoms with van der Waals surface area (Å²) in [6.07, 6.45) is 2.25. The molecular weight excluding hydrogens is 362 g/mol. The van der Waals surface area contributed by atoms with Gasteiger partial charge in [-0.05, 0) is 50.2 Å². The molecule has 29 heavy (non-hydrogen) atoms. The van der Waals surface area contributed by atoms with Crippen molar-refractivity contribution in [2.45, 2.75) is 41.5 Å². The summed E-state index contributed by atoms with van der Waals surface area (Å²) >= 11 is 0. The molecule has 1 aromatic rings. The fraction of sp³-hybridized carbons (Fsp3) is 0.583. The predicted molar refractivity (Wildman–Crippen MR) is 118 cm³/mol. The highest BCUT2D eigenvalue weighted by Gasteiger charge is 2.61. The first-order valence-corrected chi connectivity index (χ1v) is 10.6. The van der Waals surface area contributed by atoms with E-state index in [1.54, 1.807) is 0 Å². The van der Waals surface area contributed by atoms with Gasteiger partial charge in [0.05, 0.1) is 12.5 Å². The molecule has 0 spiro atoms. The Morgan fingerprint density at radius 3 is 2.24 bits per heavy atom. The summed E-state index contributed by atoms with van der Waals surface area (Å²) in [6, 6.07) is 6.02. The Bertz CT molecular complexity index is 795. The molecule has 2 amide bonds. The van der Waals surface area contributed by atoms with Crippen molar-refractivity contribution in [3.8, 4) is 0 Å². The van der Waals surface area contributed by atoms with Crippen LogP contribution in [0.5, 0.6) is 0 Å². The minimum absolute atomic E-state index is 0.00845. The van der Waals surface area contributed by atoms with E-state index in [-0.39, 0.29) is 23.1 Å². The standard InChI is InChI=1S/C24H35N3O2/c1-16(2)14-19-21(24(19,5)6)23(29)27-12-10-26(11-13-27)15-20(28)25-22-17(3)8-7-9-18(22)4/h7-9,14,19,21H,10-13,15H2,1-6H3,(H,25,28). The molecule has 1 heterocycles. The number of anilines is 1. The molecule has 1 N–H and O–H groups in total. The first-order valence-electron chi connectivity index (χ1n) is 10.6. The summed E-state index contributed by atoms with van der Waals surface area (Å²) in [5.41, 5.74) is 4.39. The molecule has 2 fully saturated rings. The van der Waals surface area contributed by atoms with Gasteiger partial charge in [0.25, 0.3) is 0 Å². The number of nitrogens with one attached hydrogen (secondary N) is 1. The van der Waals surface area contributed by atoms with Crippen molar-refractivity contribution in [1.82, 2.24) is 9.80 Å². The average molecular weight is 398 g/mol. The van der Waals surface area contributed by atoms with Crippen LogP contribution in [0.1, 0.15) is 38.8 Å². The summed E-state index contributed by atoms with van der Waals surface area (Å²) in [4.78, 5) is 29.7. The molecule has 2 atom stereocenters. The molecule has 1 saturated heterocycles. The summed E-state index contributed by atoms with van der Waals surface area (Å²) in [6.45, 7) is 15.8. The Labute approximate surface area is 175 Å². The van der Waals surface area contributed by atoms with E-state index in [1.165, 1.54) is 5.57 Å². The zero-order valence-electron chi connectivity index (χ0n) is 18.7. The highest BCUT2D eigenvalue weighted by atomic mass is 16.2. The van der Waals surface area contributed by atoms with Crippen LogP contribution in [0.3, 0.4) is 0 Å². The molecule has 158 valence electrons. The SMILES string of the molecule is CC(C)=CC1C(C(=O)N2CCN(CC(=O)Nc3c(C)cccc3C)CC2)C1(C)C. The molecule has 1 aliphatic carbocycles. The van der Waals surface area contributed by atoms with Gasteiger partial charge in [-0.2, -0.15) is 0 Å². The normalized spacial score (nSPS) is 23.4. The second kappa shape index (κ2) is 8.31. The maximum atomic E-state index is 13.0. The fourth-order valence-electron chi connectivity index (χ4n) is 4.54. The van der Waals surface area contributed by atoms with E-state index in [1.807, 2.05) is 36.9 Å². The van der Waals surface area contributed by atoms with Gasteiger partial charge >= 0.3 is 0 Å². The van der Waals surface area contributed by atoms with Crippen LogP contribution in [-0.2, 0) is 9.59 Å². The molecule has 5 nitrogen and oxygen atoms in total. The van der Waals surface area contributed by atoms with Crippen LogP contribution < -0.4 is 5.32 Å². The third-order valence-corrected chi connectivity index (χ3v) is 6.49. The lowest BCUT2D eigenvalue weighted by atomic mass is 10.1. The Hall–Kier alpha value is -2.14. The molecule has 2 aliphatic rings. The monoisotopic (exact) mass is 397 g/mol. The summed E-state index contributed by atoms with van der Waals surface area (Å²) in [5, 5.41) is 3.06. The molecule has 0 radical (unpaired) electrons. The predicted octanol–water partition coefficient (Wildman–Crippen LogP) is 3.62. The van der Waals surface area contributed by atoms with E-state index in [4.69, 9.17) is 0 Å². The van der Waals surface area contributed by atoms with Crippen LogP contribution in [0.15, 0.2) is 29.8 Å². The van der Waals surface area contributed by atoms with Crippen molar-refractivity contribution < 1.29 is 9.59 Å². The van der Waals surface area contributed by atoms with Crippen molar-refractivity contribution in [1.29, 1.82) is 0 Å². The first kappa shape index (κ1) is 21.6. The second-order valence-electron chi connectivity index (χ2n) is 9.49. The van der Waals surface area contributed by atoms with Crippen molar-refractivity contribution >= 4 is 17.5 Å². The van der Waals surface area contributed by atoms with Crippen LogP contribution in [0.25, 0.3) is 0 Å². The zero-order chi connectivity index (χ0) is 21.3. The topological polar surface area (TPSA) is 52.7 Å². The van der Waals surface area contributed by atoms with E-state index in [0.717, 1.165) is 29.9 Å². The fourth-order valence-corrected chi connectivity index (χ4v) is 4.54. The average Bonchev–Trinajstić information content (AvgIpc) is 3.17. The third kappa shape index (κ3) is 4.72. The molecule has 2 unspecified atom stereocenters. The van der Waals surface area contributed by atoms with Crippen LogP contribution in [0.2, 0.25) is 0 Å². The van der Waals surface area contributed by atoms with E-state index in [0.29, 0.717) is 25.6 Å². The lowest BCUT2D eigenvalue weighted by Gasteiger charge is -2.34. The Kier molecular flexibility index (Phi) is 6.18. The van der Waals surface area contributed by atoms with Gasteiger partial charge in [0.15, 0.2) is 0 Å². The number of para-hydroxylation sites is 1. The number of rotatable bonds is 5. The van der Waals surface area contributed by atoms with Crippen molar-refractivity contribution in [3.05, 3.63) is 41.0 Å². The van der Waals surface area contributed by atoms with Gasteiger partial charge in [-0.15, -0.1) is 0 Å². The number of piperazine rings is 1. The molecule has 0 bridgehead atoms. The summed E-state index contributed by atoms with van der Waals surface area (Å²) in [7, 11) is 0. The second-order valence-corrected chi connectivity index (χ2v) is 9.49. The minimum atomic E-state index is 0.00845. The van der Waals surface area contributed by atoms with E-state index >= 15 is 0 Å². The maximum Gasteiger partial charge on any atom is 0.238 e. The van der Waals surface area contributed by atoms with Crippen LogP contribution >= 0.6 is 0 Å². The number of amides is 2. The number of hydrogen-bond donors (Lipinski definition) is 1. The lowest BCUT2D eigenvalue weighted by Crippen LogP contribution is -2.51. The largest absolute Gasteiger partial charge is 0.340 e. The number of carbonyl (C=O) groups is 2. The minimum Gasteiger partial charge on any atom is -0.340 e. The van der Waals surface area contributed by atoms with Gasteiger partial charge in [0.1, 0.15) is 0 Å². The third-order valence-electron chi connectivity index (χ3n) is 6.49. The van der Waals surface area contributed by atoms with E-state index in [2.05, 4.69) is 44.0 Å². The smallest absolute Gasteiger partial charge is 0.238 e. The highest BCUT2D eigenvalue weighted by Crippen LogP contribution is 2.60. The van der Waals surface area contributed by atoms with Gasteiger partial charge in [-0.3, -0.25) is 14.5 Å². The van der Waals surface area contributed by atoms with Gasteiger partial charge < -0.3 is 10.2 Å². The van der Waals surface area contributed by atoms with Gasteiger partial charge in [0.2, 0.25) is 11.8 Å². The van der Waals surface area contributed by atoms with Crippen LogP contribution in [0.4, 0.5) is 5.69 Å². The quantitative estimate of drug-likeness (QED) is 0.772. The molecule has 3 rings (SSSR count). The highest BCUT2D eigenvalue weighted by molar-refractivity contribution is 5.93. The first-order chi connectivity index (χ1) is 13.6. The number of benzene rings is 1. The zero-order valence-corrected chi connectivity index (χ0v) is 18.7.